The van der Waals surface area contributed by atoms with E-state index in [1.165, 1.54) is 5.56 Å². The molecule has 1 unspecified atom stereocenters. The first-order valence-corrected chi connectivity index (χ1v) is 6.48. The molecule has 17 heavy (non-hydrogen) atoms. The predicted molar refractivity (Wildman–Crippen MR) is 70.1 cm³/mol. The van der Waals surface area contributed by atoms with Crippen LogP contribution in [-0.2, 0) is 6.42 Å². The van der Waals surface area contributed by atoms with Crippen molar-refractivity contribution < 1.29 is 4.39 Å². The van der Waals surface area contributed by atoms with Crippen LogP contribution in [-0.4, -0.2) is 25.7 Å². The fourth-order valence-electron chi connectivity index (χ4n) is 2.43. The van der Waals surface area contributed by atoms with Crippen LogP contribution in [0.3, 0.4) is 0 Å². The van der Waals surface area contributed by atoms with Crippen LogP contribution in [0.4, 0.5) is 10.1 Å². The maximum Gasteiger partial charge on any atom is 0.125 e. The molecule has 0 fully saturated rings. The van der Waals surface area contributed by atoms with Crippen molar-refractivity contribution >= 4 is 5.69 Å². The average molecular weight is 236 g/mol. The second-order valence-corrected chi connectivity index (χ2v) is 4.77. The van der Waals surface area contributed by atoms with Crippen molar-refractivity contribution in [3.05, 3.63) is 29.6 Å². The van der Waals surface area contributed by atoms with Crippen LogP contribution in [0.1, 0.15) is 25.8 Å². The first kappa shape index (κ1) is 12.4. The van der Waals surface area contributed by atoms with Crippen molar-refractivity contribution in [1.29, 1.82) is 0 Å². The van der Waals surface area contributed by atoms with E-state index in [-0.39, 0.29) is 5.82 Å². The Morgan fingerprint density at radius 1 is 1.47 bits per heavy atom. The molecule has 1 heterocycles. The van der Waals surface area contributed by atoms with E-state index < -0.39 is 0 Å². The molecule has 3 heteroatoms. The van der Waals surface area contributed by atoms with Gasteiger partial charge in [0, 0.05) is 24.8 Å². The monoisotopic (exact) mass is 236 g/mol. The Labute approximate surface area is 103 Å². The van der Waals surface area contributed by atoms with Crippen LogP contribution in [0.15, 0.2) is 18.2 Å². The van der Waals surface area contributed by atoms with Crippen LogP contribution >= 0.6 is 0 Å². The number of nitrogens with zero attached hydrogens (tertiary/aromatic N) is 1. The van der Waals surface area contributed by atoms with Gasteiger partial charge < -0.3 is 10.2 Å². The summed E-state index contributed by atoms with van der Waals surface area (Å²) in [7, 11) is 0. The molecule has 0 aromatic heterocycles. The molecular formula is C14H21FN2. The zero-order valence-electron chi connectivity index (χ0n) is 10.7. The zero-order chi connectivity index (χ0) is 12.3. The fraction of sp³-hybridized carbons (Fsp3) is 0.571. The molecule has 0 amide bonds. The maximum atomic E-state index is 13.3. The Morgan fingerprint density at radius 3 is 3.06 bits per heavy atom. The molecule has 1 N–H and O–H groups in total. The lowest BCUT2D eigenvalue weighted by Crippen LogP contribution is -2.39. The number of rotatable bonds is 5. The Hall–Kier alpha value is -1.09. The molecule has 0 saturated heterocycles. The summed E-state index contributed by atoms with van der Waals surface area (Å²) in [5, 5.41) is 3.42. The number of halogens is 1. The number of hydrogen-bond donors (Lipinski definition) is 1. The van der Waals surface area contributed by atoms with Crippen molar-refractivity contribution in [2.45, 2.75) is 32.7 Å². The van der Waals surface area contributed by atoms with E-state index in [2.05, 4.69) is 24.1 Å². The smallest absolute Gasteiger partial charge is 0.125 e. The highest BCUT2D eigenvalue weighted by atomic mass is 19.1. The normalized spacial score (nSPS) is 16.1. The molecule has 1 aromatic rings. The Balaban J connectivity index is 2.02. The van der Waals surface area contributed by atoms with Crippen molar-refractivity contribution in [3.63, 3.8) is 0 Å². The van der Waals surface area contributed by atoms with Crippen LogP contribution in [0.2, 0.25) is 0 Å². The summed E-state index contributed by atoms with van der Waals surface area (Å²) < 4.78 is 13.3. The summed E-state index contributed by atoms with van der Waals surface area (Å²) in [6.07, 6.45) is 2.19. The third kappa shape index (κ3) is 2.78. The average Bonchev–Trinajstić information content (AvgIpc) is 2.72. The van der Waals surface area contributed by atoms with Crippen molar-refractivity contribution in [2.75, 3.05) is 24.5 Å². The van der Waals surface area contributed by atoms with Gasteiger partial charge in [0.1, 0.15) is 5.82 Å². The summed E-state index contributed by atoms with van der Waals surface area (Å²) in [5.74, 6) is -0.135. The number of fused-ring (bicyclic) bond motifs is 1. The standard InChI is InChI=1S/C14H21FN2/c1-3-7-16-10-11(2)17-8-6-12-4-5-13(15)9-14(12)17/h4-5,9,11,16H,3,6-8,10H2,1-2H3. The minimum atomic E-state index is -0.135. The molecule has 0 saturated carbocycles. The van der Waals surface area contributed by atoms with Gasteiger partial charge in [-0.25, -0.2) is 4.39 Å². The summed E-state index contributed by atoms with van der Waals surface area (Å²) in [4.78, 5) is 2.31. The topological polar surface area (TPSA) is 15.3 Å². The van der Waals surface area contributed by atoms with E-state index in [1.54, 1.807) is 12.1 Å². The summed E-state index contributed by atoms with van der Waals surface area (Å²) in [6.45, 7) is 7.38. The van der Waals surface area contributed by atoms with Gasteiger partial charge >= 0.3 is 0 Å². The van der Waals surface area contributed by atoms with E-state index in [4.69, 9.17) is 0 Å². The second kappa shape index (κ2) is 5.50. The van der Waals surface area contributed by atoms with Crippen LogP contribution in [0, 0.1) is 5.82 Å². The summed E-state index contributed by atoms with van der Waals surface area (Å²) in [5.41, 5.74) is 2.35. The highest BCUT2D eigenvalue weighted by molar-refractivity contribution is 5.58. The lowest BCUT2D eigenvalue weighted by atomic mass is 10.1. The van der Waals surface area contributed by atoms with Gasteiger partial charge in [-0.2, -0.15) is 0 Å². The molecular weight excluding hydrogens is 215 g/mol. The largest absolute Gasteiger partial charge is 0.367 e. The SMILES string of the molecule is CCCNCC(C)N1CCc2ccc(F)cc21. The van der Waals surface area contributed by atoms with Gasteiger partial charge in [-0.15, -0.1) is 0 Å². The van der Waals surface area contributed by atoms with E-state index in [9.17, 15) is 4.39 Å². The zero-order valence-corrected chi connectivity index (χ0v) is 10.7. The number of nitrogens with one attached hydrogen (secondary N) is 1. The van der Waals surface area contributed by atoms with Crippen LogP contribution < -0.4 is 10.2 Å². The molecule has 0 spiro atoms. The predicted octanol–water partition coefficient (Wildman–Crippen LogP) is 2.58. The molecule has 1 aliphatic rings. The summed E-state index contributed by atoms with van der Waals surface area (Å²) >= 11 is 0. The molecule has 2 rings (SSSR count). The fourth-order valence-corrected chi connectivity index (χ4v) is 2.43. The Bertz CT molecular complexity index is 378. The number of anilines is 1. The molecule has 1 aliphatic heterocycles. The third-order valence-electron chi connectivity index (χ3n) is 3.38. The first-order valence-electron chi connectivity index (χ1n) is 6.48. The van der Waals surface area contributed by atoms with Gasteiger partial charge in [-0.05, 0) is 44.0 Å². The van der Waals surface area contributed by atoms with Crippen molar-refractivity contribution in [3.8, 4) is 0 Å². The minimum absolute atomic E-state index is 0.135. The van der Waals surface area contributed by atoms with E-state index >= 15 is 0 Å². The quantitative estimate of drug-likeness (QED) is 0.790. The number of benzene rings is 1. The van der Waals surface area contributed by atoms with Gasteiger partial charge in [-0.1, -0.05) is 13.0 Å². The highest BCUT2D eigenvalue weighted by Gasteiger charge is 2.23. The van der Waals surface area contributed by atoms with Gasteiger partial charge in [0.25, 0.3) is 0 Å². The highest BCUT2D eigenvalue weighted by Crippen LogP contribution is 2.30. The van der Waals surface area contributed by atoms with Crippen LogP contribution in [0.25, 0.3) is 0 Å². The van der Waals surface area contributed by atoms with Gasteiger partial charge in [0.15, 0.2) is 0 Å². The van der Waals surface area contributed by atoms with Gasteiger partial charge in [0.2, 0.25) is 0 Å². The molecule has 0 aliphatic carbocycles. The first-order chi connectivity index (χ1) is 8.22. The van der Waals surface area contributed by atoms with E-state index in [1.807, 2.05) is 6.07 Å². The summed E-state index contributed by atoms with van der Waals surface area (Å²) in [6, 6.07) is 5.56. The molecule has 1 atom stereocenters. The maximum absolute atomic E-state index is 13.3. The van der Waals surface area contributed by atoms with Crippen LogP contribution in [0.5, 0.6) is 0 Å². The molecule has 2 nitrogen and oxygen atoms in total. The Kier molecular flexibility index (Phi) is 4.00. The van der Waals surface area contributed by atoms with E-state index in [0.29, 0.717) is 6.04 Å². The number of hydrogen-bond acceptors (Lipinski definition) is 2. The van der Waals surface area contributed by atoms with Crippen molar-refractivity contribution in [2.24, 2.45) is 0 Å². The molecule has 0 radical (unpaired) electrons. The van der Waals surface area contributed by atoms with Gasteiger partial charge in [-0.3, -0.25) is 0 Å². The molecule has 0 bridgehead atoms. The minimum Gasteiger partial charge on any atom is -0.367 e. The lowest BCUT2D eigenvalue weighted by molar-refractivity contribution is 0.567. The van der Waals surface area contributed by atoms with E-state index in [0.717, 1.165) is 38.2 Å². The Morgan fingerprint density at radius 2 is 2.29 bits per heavy atom. The van der Waals surface area contributed by atoms with Crippen molar-refractivity contribution in [1.82, 2.24) is 5.32 Å². The van der Waals surface area contributed by atoms with Gasteiger partial charge in [0.05, 0.1) is 0 Å². The molecule has 1 aromatic carbocycles. The molecule has 94 valence electrons. The third-order valence-corrected chi connectivity index (χ3v) is 3.38. The second-order valence-electron chi connectivity index (χ2n) is 4.77. The lowest BCUT2D eigenvalue weighted by Gasteiger charge is -2.27.